The first-order valence-corrected chi connectivity index (χ1v) is 13.5. The topological polar surface area (TPSA) is 58.6 Å². The second-order valence-corrected chi connectivity index (χ2v) is 10.4. The number of carbonyl (C=O) groups is 1. The maximum absolute atomic E-state index is 12.8. The monoisotopic (exact) mass is 538 g/mol. The fourth-order valence-corrected chi connectivity index (χ4v) is 5.36. The quantitative estimate of drug-likeness (QED) is 0.327. The molecule has 2 fully saturated rings. The van der Waals surface area contributed by atoms with Gasteiger partial charge in [-0.25, -0.2) is 4.98 Å². The number of alkyl halides is 3. The van der Waals surface area contributed by atoms with E-state index in [1.54, 1.807) is 18.3 Å². The summed E-state index contributed by atoms with van der Waals surface area (Å²) in [7, 11) is 0. The van der Waals surface area contributed by atoms with Crippen molar-refractivity contribution < 1.29 is 22.7 Å². The first-order valence-electron chi connectivity index (χ1n) is 13.5. The number of aromatic nitrogens is 2. The van der Waals surface area contributed by atoms with E-state index < -0.39 is 11.7 Å². The number of hydrogen-bond donors (Lipinski definition) is 0. The van der Waals surface area contributed by atoms with Crippen LogP contribution in [0.5, 0.6) is 5.75 Å². The molecule has 0 N–H and O–H groups in total. The Morgan fingerprint density at radius 3 is 2.21 bits per heavy atom. The Balaban J connectivity index is 1.04. The van der Waals surface area contributed by atoms with Crippen molar-refractivity contribution in [3.63, 3.8) is 0 Å². The zero-order valence-corrected chi connectivity index (χ0v) is 21.8. The number of hydrogen-bond acceptors (Lipinski definition) is 6. The highest BCUT2D eigenvalue weighted by Gasteiger charge is 2.30. The van der Waals surface area contributed by atoms with Gasteiger partial charge in [0, 0.05) is 57.0 Å². The fourth-order valence-electron chi connectivity index (χ4n) is 5.36. The molecule has 206 valence electrons. The average molecular weight is 539 g/mol. The lowest BCUT2D eigenvalue weighted by molar-refractivity contribution is -0.137. The summed E-state index contributed by atoms with van der Waals surface area (Å²) < 4.78 is 44.5. The predicted octanol–water partition coefficient (Wildman–Crippen LogP) is 6.03. The van der Waals surface area contributed by atoms with Gasteiger partial charge in [0.2, 0.25) is 0 Å². The summed E-state index contributed by atoms with van der Waals surface area (Å²) in [5, 5.41) is 0. The summed E-state index contributed by atoms with van der Waals surface area (Å²) in [4.78, 5) is 25.8. The van der Waals surface area contributed by atoms with Crippen molar-refractivity contribution >= 4 is 11.5 Å². The van der Waals surface area contributed by atoms with Gasteiger partial charge in [0.15, 0.2) is 5.78 Å². The van der Waals surface area contributed by atoms with Crippen LogP contribution in [0, 0.1) is 5.92 Å². The highest BCUT2D eigenvalue weighted by Crippen LogP contribution is 2.31. The predicted molar refractivity (Wildman–Crippen MR) is 143 cm³/mol. The molecule has 4 heterocycles. The number of anilines is 1. The van der Waals surface area contributed by atoms with Crippen LogP contribution in [0.2, 0.25) is 0 Å². The summed E-state index contributed by atoms with van der Waals surface area (Å²) in [5.41, 5.74) is 1.88. The number of carbonyl (C=O) groups excluding carboxylic acids is 1. The first kappa shape index (κ1) is 27.1. The normalized spacial score (nSPS) is 17.8. The van der Waals surface area contributed by atoms with Crippen molar-refractivity contribution in [1.82, 2.24) is 14.9 Å². The molecule has 39 heavy (non-hydrogen) atoms. The van der Waals surface area contributed by atoms with Crippen LogP contribution in [0.4, 0.5) is 18.9 Å². The molecular formula is C30H33F3N4O2. The fraction of sp³-hybridized carbons (Fsp3) is 0.433. The van der Waals surface area contributed by atoms with Crippen LogP contribution in [0.3, 0.4) is 0 Å². The molecule has 0 bridgehead atoms. The van der Waals surface area contributed by atoms with Gasteiger partial charge < -0.3 is 9.64 Å². The van der Waals surface area contributed by atoms with Crippen LogP contribution in [0.15, 0.2) is 67.1 Å². The highest BCUT2D eigenvalue weighted by molar-refractivity contribution is 5.94. The number of benzene rings is 1. The molecule has 0 aliphatic carbocycles. The van der Waals surface area contributed by atoms with Crippen LogP contribution in [-0.4, -0.2) is 52.9 Å². The number of pyridine rings is 2. The molecule has 0 saturated carbocycles. The van der Waals surface area contributed by atoms with Gasteiger partial charge >= 0.3 is 6.18 Å². The van der Waals surface area contributed by atoms with Crippen LogP contribution in [0.25, 0.3) is 0 Å². The van der Waals surface area contributed by atoms with E-state index in [1.807, 2.05) is 24.5 Å². The van der Waals surface area contributed by atoms with Crippen LogP contribution < -0.4 is 9.64 Å². The molecule has 2 aliphatic rings. The van der Waals surface area contributed by atoms with E-state index in [2.05, 4.69) is 19.8 Å². The van der Waals surface area contributed by atoms with Gasteiger partial charge in [0.25, 0.3) is 0 Å². The number of ether oxygens (including phenoxy) is 1. The van der Waals surface area contributed by atoms with Gasteiger partial charge in [-0.2, -0.15) is 13.2 Å². The number of halogens is 3. The molecule has 0 radical (unpaired) electrons. The Hall–Kier alpha value is -3.46. The molecule has 1 aromatic carbocycles. The Morgan fingerprint density at radius 2 is 1.59 bits per heavy atom. The molecule has 2 aromatic heterocycles. The summed E-state index contributed by atoms with van der Waals surface area (Å²) in [6, 6.07) is 12.9. The maximum atomic E-state index is 12.8. The van der Waals surface area contributed by atoms with E-state index in [0.29, 0.717) is 36.9 Å². The number of Topliss-reactive ketones (excluding diaryl/α,β-unsaturated/α-hetero) is 1. The largest absolute Gasteiger partial charge is 0.489 e. The molecule has 0 unspecified atom stereocenters. The second-order valence-electron chi connectivity index (χ2n) is 10.4. The first-order chi connectivity index (χ1) is 18.8. The standard InChI is InChI=1S/C30H33F3N4O2/c31-30(32,33)24-1-3-25(4-2-24)37-17-11-26(12-18-37)39-27-5-6-28(35-20-27)29(38)19-22-9-15-36(16-10-22)21-23-7-13-34-14-8-23/h1-8,13-14,20,22,26H,9-12,15-19,21H2. The van der Waals surface area contributed by atoms with Gasteiger partial charge in [-0.3, -0.25) is 14.7 Å². The van der Waals surface area contributed by atoms with E-state index in [1.165, 1.54) is 17.7 Å². The minimum atomic E-state index is -4.33. The highest BCUT2D eigenvalue weighted by atomic mass is 19.4. The van der Waals surface area contributed by atoms with E-state index >= 15 is 0 Å². The van der Waals surface area contributed by atoms with Crippen LogP contribution in [-0.2, 0) is 12.7 Å². The Labute approximate surface area is 226 Å². The maximum Gasteiger partial charge on any atom is 0.416 e. The van der Waals surface area contributed by atoms with E-state index in [0.717, 1.165) is 63.1 Å². The lowest BCUT2D eigenvalue weighted by Gasteiger charge is -2.33. The molecule has 0 spiro atoms. The third kappa shape index (κ3) is 7.35. The Morgan fingerprint density at radius 1 is 0.897 bits per heavy atom. The third-order valence-corrected chi connectivity index (χ3v) is 7.66. The van der Waals surface area contributed by atoms with Crippen molar-refractivity contribution in [3.05, 3.63) is 83.9 Å². The molecule has 0 amide bonds. The average Bonchev–Trinajstić information content (AvgIpc) is 2.95. The lowest BCUT2D eigenvalue weighted by Crippen LogP contribution is -2.38. The van der Waals surface area contributed by atoms with E-state index in [9.17, 15) is 18.0 Å². The molecular weight excluding hydrogens is 505 g/mol. The van der Waals surface area contributed by atoms with Crippen molar-refractivity contribution in [2.75, 3.05) is 31.1 Å². The summed E-state index contributed by atoms with van der Waals surface area (Å²) in [5.74, 6) is 1.07. The third-order valence-electron chi connectivity index (χ3n) is 7.66. The number of likely N-dealkylation sites (tertiary alicyclic amines) is 1. The van der Waals surface area contributed by atoms with Gasteiger partial charge in [0.1, 0.15) is 17.5 Å². The number of rotatable bonds is 8. The summed E-state index contributed by atoms with van der Waals surface area (Å²) >= 11 is 0. The molecule has 6 nitrogen and oxygen atoms in total. The van der Waals surface area contributed by atoms with Gasteiger partial charge in [-0.1, -0.05) is 0 Å². The summed E-state index contributed by atoms with van der Waals surface area (Å²) in [6.45, 7) is 4.28. The van der Waals surface area contributed by atoms with Gasteiger partial charge in [-0.05, 0) is 85.9 Å². The summed E-state index contributed by atoms with van der Waals surface area (Å²) in [6.07, 6.45) is 4.95. The number of piperidine rings is 2. The minimum absolute atomic E-state index is 0.00335. The molecule has 2 saturated heterocycles. The minimum Gasteiger partial charge on any atom is -0.489 e. The van der Waals surface area contributed by atoms with Gasteiger partial charge in [0.05, 0.1) is 11.8 Å². The smallest absolute Gasteiger partial charge is 0.416 e. The molecule has 3 aromatic rings. The van der Waals surface area contributed by atoms with Crippen LogP contribution >= 0.6 is 0 Å². The van der Waals surface area contributed by atoms with Crippen molar-refractivity contribution in [3.8, 4) is 5.75 Å². The lowest BCUT2D eigenvalue weighted by atomic mass is 9.90. The van der Waals surface area contributed by atoms with Gasteiger partial charge in [-0.15, -0.1) is 0 Å². The number of ketones is 1. The zero-order valence-electron chi connectivity index (χ0n) is 21.8. The zero-order chi connectivity index (χ0) is 27.2. The molecule has 9 heteroatoms. The Bertz CT molecular complexity index is 1200. The molecule has 2 aliphatic heterocycles. The SMILES string of the molecule is O=C(CC1CCN(Cc2ccncc2)CC1)c1ccc(OC2CCN(c3ccc(C(F)(F)F)cc3)CC2)cn1. The van der Waals surface area contributed by atoms with Crippen LogP contribution in [0.1, 0.15) is 53.7 Å². The molecule has 0 atom stereocenters. The van der Waals surface area contributed by atoms with Crippen molar-refractivity contribution in [2.24, 2.45) is 5.92 Å². The van der Waals surface area contributed by atoms with Crippen molar-refractivity contribution in [2.45, 2.75) is 50.9 Å². The second kappa shape index (κ2) is 12.2. The number of nitrogens with zero attached hydrogens (tertiary/aromatic N) is 4. The van der Waals surface area contributed by atoms with Crippen molar-refractivity contribution in [1.29, 1.82) is 0 Å². The Kier molecular flexibility index (Phi) is 8.45. The van der Waals surface area contributed by atoms with E-state index in [4.69, 9.17) is 4.74 Å². The van der Waals surface area contributed by atoms with E-state index in [-0.39, 0.29) is 11.9 Å². The molecule has 5 rings (SSSR count).